The number of nitrogens with one attached hydrogen (secondary N) is 1. The largest absolute Gasteiger partial charge is 0.497 e. The molecule has 0 bridgehead atoms. The Morgan fingerprint density at radius 2 is 1.83 bits per heavy atom. The Balaban J connectivity index is 1.52. The lowest BCUT2D eigenvalue weighted by Crippen LogP contribution is -2.56. The van der Waals surface area contributed by atoms with E-state index in [0.29, 0.717) is 12.6 Å². The van der Waals surface area contributed by atoms with Crippen molar-refractivity contribution in [3.63, 3.8) is 0 Å². The van der Waals surface area contributed by atoms with E-state index in [-0.39, 0.29) is 17.9 Å². The molecule has 2 aliphatic carbocycles. The van der Waals surface area contributed by atoms with E-state index in [9.17, 15) is 9.90 Å². The number of nitrogens with zero attached hydrogens (tertiary/aromatic N) is 1. The predicted molar refractivity (Wildman–Crippen MR) is 114 cm³/mol. The molecule has 0 unspecified atom stereocenters. The summed E-state index contributed by atoms with van der Waals surface area (Å²) >= 11 is 0. The molecule has 1 heterocycles. The van der Waals surface area contributed by atoms with Crippen molar-refractivity contribution in [2.24, 2.45) is 5.92 Å². The fourth-order valence-corrected chi connectivity index (χ4v) is 5.87. The van der Waals surface area contributed by atoms with Crippen LogP contribution in [-0.2, 0) is 4.79 Å². The maximum absolute atomic E-state index is 12.9. The number of amides is 1. The van der Waals surface area contributed by atoms with Crippen LogP contribution >= 0.6 is 0 Å². The molecule has 3 fully saturated rings. The quantitative estimate of drug-likeness (QED) is 0.789. The van der Waals surface area contributed by atoms with Gasteiger partial charge >= 0.3 is 0 Å². The number of aliphatic hydroxyl groups is 1. The van der Waals surface area contributed by atoms with Gasteiger partial charge in [0.1, 0.15) is 5.75 Å². The molecule has 1 aliphatic heterocycles. The minimum absolute atomic E-state index is 0.0806. The number of ether oxygens (including phenoxy) is 1. The maximum Gasteiger partial charge on any atom is 0.234 e. The molecule has 0 aromatic heterocycles. The van der Waals surface area contributed by atoms with E-state index in [4.69, 9.17) is 4.74 Å². The Kier molecular flexibility index (Phi) is 6.45. The van der Waals surface area contributed by atoms with Gasteiger partial charge in [-0.15, -0.1) is 0 Å². The molecule has 0 radical (unpaired) electrons. The van der Waals surface area contributed by atoms with E-state index in [1.807, 2.05) is 12.1 Å². The van der Waals surface area contributed by atoms with Crippen molar-refractivity contribution in [3.8, 4) is 5.75 Å². The summed E-state index contributed by atoms with van der Waals surface area (Å²) in [5.74, 6) is 1.16. The van der Waals surface area contributed by atoms with Crippen LogP contribution in [0.4, 0.5) is 0 Å². The monoisotopic (exact) mass is 400 g/mol. The number of benzene rings is 1. The van der Waals surface area contributed by atoms with Gasteiger partial charge in [-0.1, -0.05) is 44.2 Å². The summed E-state index contributed by atoms with van der Waals surface area (Å²) in [7, 11) is 1.68. The van der Waals surface area contributed by atoms with E-state index in [1.165, 1.54) is 24.8 Å². The fraction of sp³-hybridized carbons (Fsp3) is 0.708. The lowest BCUT2D eigenvalue weighted by Gasteiger charge is -2.52. The fourth-order valence-electron chi connectivity index (χ4n) is 5.87. The first-order valence-corrected chi connectivity index (χ1v) is 11.5. The predicted octanol–water partition coefficient (Wildman–Crippen LogP) is 3.81. The third kappa shape index (κ3) is 4.61. The number of piperidine rings is 1. The molecule has 5 heteroatoms. The molecule has 0 spiro atoms. The van der Waals surface area contributed by atoms with E-state index < -0.39 is 5.60 Å². The zero-order valence-electron chi connectivity index (χ0n) is 17.7. The van der Waals surface area contributed by atoms with Crippen LogP contribution in [0.25, 0.3) is 0 Å². The Bertz CT molecular complexity index is 686. The summed E-state index contributed by atoms with van der Waals surface area (Å²) in [5.41, 5.74) is 0.584. The van der Waals surface area contributed by atoms with E-state index >= 15 is 0 Å². The standard InChI is InChI=1S/C24H36N2O3/c1-29-20-12-10-18(11-13-20)23-21-9-5-6-14-24(21,28)15-16-26(23)17-22(27)25-19-7-3-2-4-8-19/h10-13,19,21,23,28H,2-9,14-17H2,1H3,(H,25,27)/t21-,23-,24+/m1/s1. The molecule has 1 saturated heterocycles. The molecule has 2 N–H and O–H groups in total. The second-order valence-electron chi connectivity index (χ2n) is 9.30. The molecule has 1 aromatic carbocycles. The highest BCUT2D eigenvalue weighted by Crippen LogP contribution is 2.49. The molecule has 3 atom stereocenters. The van der Waals surface area contributed by atoms with Crippen molar-refractivity contribution >= 4 is 5.91 Å². The average molecular weight is 401 g/mol. The molecule has 160 valence electrons. The third-order valence-electron chi connectivity index (χ3n) is 7.45. The third-order valence-corrected chi connectivity index (χ3v) is 7.45. The van der Waals surface area contributed by atoms with Gasteiger partial charge in [-0.3, -0.25) is 9.69 Å². The first kappa shape index (κ1) is 20.7. The molecule has 1 aromatic rings. The second kappa shape index (κ2) is 9.05. The first-order valence-electron chi connectivity index (χ1n) is 11.5. The van der Waals surface area contributed by atoms with Gasteiger partial charge in [-0.2, -0.15) is 0 Å². The van der Waals surface area contributed by atoms with E-state index in [0.717, 1.165) is 57.2 Å². The van der Waals surface area contributed by atoms with E-state index in [1.54, 1.807) is 7.11 Å². The smallest absolute Gasteiger partial charge is 0.234 e. The number of carbonyl (C=O) groups excluding carboxylic acids is 1. The van der Waals surface area contributed by atoms with Crippen LogP contribution in [0, 0.1) is 5.92 Å². The Morgan fingerprint density at radius 1 is 1.10 bits per heavy atom. The van der Waals surface area contributed by atoms with Gasteiger partial charge in [0.2, 0.25) is 5.91 Å². The van der Waals surface area contributed by atoms with Gasteiger partial charge < -0.3 is 15.2 Å². The van der Waals surface area contributed by atoms with Crippen LogP contribution in [0.3, 0.4) is 0 Å². The van der Waals surface area contributed by atoms with Crippen LogP contribution in [-0.4, -0.2) is 47.8 Å². The van der Waals surface area contributed by atoms with Crippen LogP contribution in [0.2, 0.25) is 0 Å². The van der Waals surface area contributed by atoms with Gasteiger partial charge in [-0.25, -0.2) is 0 Å². The second-order valence-corrected chi connectivity index (χ2v) is 9.30. The van der Waals surface area contributed by atoms with Crippen molar-refractivity contribution in [2.45, 2.75) is 81.9 Å². The highest BCUT2D eigenvalue weighted by atomic mass is 16.5. The summed E-state index contributed by atoms with van der Waals surface area (Å²) < 4.78 is 5.33. The molecule has 2 saturated carbocycles. The van der Waals surface area contributed by atoms with Gasteiger partial charge in [0, 0.05) is 24.5 Å². The van der Waals surface area contributed by atoms with Gasteiger partial charge in [0.05, 0.1) is 19.3 Å². The average Bonchev–Trinajstić information content (AvgIpc) is 2.74. The van der Waals surface area contributed by atoms with Crippen molar-refractivity contribution in [2.75, 3.05) is 20.2 Å². The Hall–Kier alpha value is -1.59. The summed E-state index contributed by atoms with van der Waals surface area (Å²) in [6.07, 6.45) is 10.9. The lowest BCUT2D eigenvalue weighted by atomic mass is 9.66. The van der Waals surface area contributed by atoms with Crippen LogP contribution in [0.15, 0.2) is 24.3 Å². The van der Waals surface area contributed by atoms with Crippen LogP contribution in [0.1, 0.15) is 75.8 Å². The number of fused-ring (bicyclic) bond motifs is 1. The molecule has 4 rings (SSSR count). The van der Waals surface area contributed by atoms with E-state index in [2.05, 4.69) is 22.3 Å². The highest BCUT2D eigenvalue weighted by molar-refractivity contribution is 5.78. The first-order chi connectivity index (χ1) is 14.1. The Morgan fingerprint density at radius 3 is 2.55 bits per heavy atom. The molecular formula is C24H36N2O3. The van der Waals surface area contributed by atoms with Gasteiger partial charge in [0.25, 0.3) is 0 Å². The van der Waals surface area contributed by atoms with Crippen LogP contribution < -0.4 is 10.1 Å². The number of hydrogen-bond acceptors (Lipinski definition) is 4. The molecular weight excluding hydrogens is 364 g/mol. The van der Waals surface area contributed by atoms with Crippen molar-refractivity contribution in [3.05, 3.63) is 29.8 Å². The normalized spacial score (nSPS) is 31.1. The summed E-state index contributed by atoms with van der Waals surface area (Å²) in [4.78, 5) is 15.2. The van der Waals surface area contributed by atoms with Crippen molar-refractivity contribution in [1.29, 1.82) is 0 Å². The SMILES string of the molecule is COc1ccc([C@@H]2[C@H]3CCCC[C@]3(O)CCN2CC(=O)NC2CCCCC2)cc1. The van der Waals surface area contributed by atoms with Gasteiger partial charge in [0.15, 0.2) is 0 Å². The number of likely N-dealkylation sites (tertiary alicyclic amines) is 1. The summed E-state index contributed by atoms with van der Waals surface area (Å²) in [6, 6.07) is 8.62. The number of rotatable bonds is 5. The molecule has 29 heavy (non-hydrogen) atoms. The van der Waals surface area contributed by atoms with Gasteiger partial charge in [-0.05, 0) is 49.8 Å². The minimum atomic E-state index is -0.598. The van der Waals surface area contributed by atoms with Crippen LogP contribution in [0.5, 0.6) is 5.75 Å². The number of carbonyl (C=O) groups is 1. The lowest BCUT2D eigenvalue weighted by molar-refractivity contribution is -0.138. The maximum atomic E-state index is 12.9. The summed E-state index contributed by atoms with van der Waals surface area (Å²) in [6.45, 7) is 1.18. The molecule has 1 amide bonds. The topological polar surface area (TPSA) is 61.8 Å². The Labute approximate surface area is 174 Å². The highest BCUT2D eigenvalue weighted by Gasteiger charge is 2.49. The number of methoxy groups -OCH3 is 1. The van der Waals surface area contributed by atoms with Crippen molar-refractivity contribution in [1.82, 2.24) is 10.2 Å². The zero-order valence-corrected chi connectivity index (χ0v) is 17.7. The van der Waals surface area contributed by atoms with Crippen molar-refractivity contribution < 1.29 is 14.6 Å². The molecule has 5 nitrogen and oxygen atoms in total. The minimum Gasteiger partial charge on any atom is -0.497 e. The molecule has 3 aliphatic rings. The summed E-state index contributed by atoms with van der Waals surface area (Å²) in [5, 5.41) is 14.7. The zero-order chi connectivity index (χ0) is 20.3. The number of hydrogen-bond donors (Lipinski definition) is 2.